The van der Waals surface area contributed by atoms with Crippen molar-refractivity contribution in [2.24, 2.45) is 11.7 Å². The summed E-state index contributed by atoms with van der Waals surface area (Å²) in [6, 6.07) is 5.08. The van der Waals surface area contributed by atoms with Crippen LogP contribution >= 0.6 is 0 Å². The second kappa shape index (κ2) is 7.04. The third-order valence-corrected chi connectivity index (χ3v) is 3.79. The molecular formula is C16H26FN3. The third-order valence-electron chi connectivity index (χ3n) is 3.79. The van der Waals surface area contributed by atoms with Crippen LogP contribution in [0, 0.1) is 11.7 Å². The number of anilines is 1. The molecule has 0 aliphatic carbocycles. The van der Waals surface area contributed by atoms with Gasteiger partial charge in [-0.25, -0.2) is 4.39 Å². The monoisotopic (exact) mass is 279 g/mol. The first kappa shape index (κ1) is 15.3. The van der Waals surface area contributed by atoms with Crippen molar-refractivity contribution >= 4 is 5.69 Å². The maximum atomic E-state index is 13.4. The van der Waals surface area contributed by atoms with Crippen LogP contribution in [0.3, 0.4) is 0 Å². The van der Waals surface area contributed by atoms with E-state index in [-0.39, 0.29) is 5.82 Å². The Hall–Kier alpha value is -1.13. The standard InChI is InChI=1S/C16H26FN3/c1-13(2)12-19-7-9-20(10-8-19)16-4-3-15(17)11-14(16)5-6-18/h3-4,11,13H,5-10,12,18H2,1-2H3. The average Bonchev–Trinajstić information content (AvgIpc) is 2.40. The first-order valence-electron chi connectivity index (χ1n) is 7.56. The van der Waals surface area contributed by atoms with Gasteiger partial charge in [0, 0.05) is 38.4 Å². The summed E-state index contributed by atoms with van der Waals surface area (Å²) in [5.41, 5.74) is 7.82. The van der Waals surface area contributed by atoms with Gasteiger partial charge in [0.05, 0.1) is 0 Å². The smallest absolute Gasteiger partial charge is 0.123 e. The molecular weight excluding hydrogens is 253 g/mol. The molecule has 0 amide bonds. The molecule has 0 spiro atoms. The fourth-order valence-electron chi connectivity index (χ4n) is 2.91. The molecule has 1 aromatic rings. The summed E-state index contributed by atoms with van der Waals surface area (Å²) in [5.74, 6) is 0.538. The van der Waals surface area contributed by atoms with Crippen molar-refractivity contribution in [3.05, 3.63) is 29.6 Å². The Morgan fingerprint density at radius 3 is 2.50 bits per heavy atom. The lowest BCUT2D eigenvalue weighted by molar-refractivity contribution is 0.231. The van der Waals surface area contributed by atoms with Crippen LogP contribution in [0.25, 0.3) is 0 Å². The summed E-state index contributed by atoms with van der Waals surface area (Å²) in [6.07, 6.45) is 0.735. The summed E-state index contributed by atoms with van der Waals surface area (Å²) in [6.45, 7) is 10.4. The van der Waals surface area contributed by atoms with E-state index in [1.165, 1.54) is 0 Å². The normalized spacial score (nSPS) is 16.9. The molecule has 1 aliphatic heterocycles. The SMILES string of the molecule is CC(C)CN1CCN(c2ccc(F)cc2CCN)CC1. The molecule has 1 saturated heterocycles. The van der Waals surface area contributed by atoms with Gasteiger partial charge in [-0.2, -0.15) is 0 Å². The summed E-state index contributed by atoms with van der Waals surface area (Å²) < 4.78 is 13.4. The Balaban J connectivity index is 2.03. The van der Waals surface area contributed by atoms with Gasteiger partial charge in [0.2, 0.25) is 0 Å². The summed E-state index contributed by atoms with van der Waals surface area (Å²) >= 11 is 0. The van der Waals surface area contributed by atoms with Crippen LogP contribution in [0.1, 0.15) is 19.4 Å². The van der Waals surface area contributed by atoms with Crippen molar-refractivity contribution in [1.29, 1.82) is 0 Å². The van der Waals surface area contributed by atoms with E-state index in [0.29, 0.717) is 12.5 Å². The molecule has 0 unspecified atom stereocenters. The number of piperazine rings is 1. The summed E-state index contributed by atoms with van der Waals surface area (Å²) in [4.78, 5) is 4.87. The van der Waals surface area contributed by atoms with Crippen LogP contribution in [0.4, 0.5) is 10.1 Å². The van der Waals surface area contributed by atoms with Crippen molar-refractivity contribution < 1.29 is 4.39 Å². The molecule has 112 valence electrons. The second-order valence-corrected chi connectivity index (χ2v) is 5.99. The fraction of sp³-hybridized carbons (Fsp3) is 0.625. The van der Waals surface area contributed by atoms with Gasteiger partial charge in [-0.05, 0) is 42.6 Å². The number of rotatable bonds is 5. The molecule has 1 fully saturated rings. The lowest BCUT2D eigenvalue weighted by Crippen LogP contribution is -2.47. The van der Waals surface area contributed by atoms with Gasteiger partial charge in [-0.3, -0.25) is 4.90 Å². The van der Waals surface area contributed by atoms with E-state index in [2.05, 4.69) is 23.6 Å². The van der Waals surface area contributed by atoms with Gasteiger partial charge < -0.3 is 10.6 Å². The van der Waals surface area contributed by atoms with Crippen molar-refractivity contribution in [2.75, 3.05) is 44.2 Å². The molecule has 4 heteroatoms. The predicted molar refractivity (Wildman–Crippen MR) is 82.6 cm³/mol. The minimum atomic E-state index is -0.171. The molecule has 20 heavy (non-hydrogen) atoms. The van der Waals surface area contributed by atoms with Crippen LogP contribution in [-0.4, -0.2) is 44.2 Å². The molecule has 1 aromatic carbocycles. The molecule has 1 heterocycles. The van der Waals surface area contributed by atoms with Crippen molar-refractivity contribution in [3.63, 3.8) is 0 Å². The van der Waals surface area contributed by atoms with Crippen LogP contribution in [0.2, 0.25) is 0 Å². The zero-order valence-corrected chi connectivity index (χ0v) is 12.6. The van der Waals surface area contributed by atoms with Gasteiger partial charge in [-0.15, -0.1) is 0 Å². The lowest BCUT2D eigenvalue weighted by Gasteiger charge is -2.37. The van der Waals surface area contributed by atoms with Gasteiger partial charge in [-0.1, -0.05) is 13.8 Å². The predicted octanol–water partition coefficient (Wildman–Crippen LogP) is 2.10. The zero-order chi connectivity index (χ0) is 14.5. The Bertz CT molecular complexity index is 426. The number of nitrogens with two attached hydrogens (primary N) is 1. The highest BCUT2D eigenvalue weighted by Crippen LogP contribution is 2.23. The van der Waals surface area contributed by atoms with Crippen molar-refractivity contribution in [3.8, 4) is 0 Å². The molecule has 0 saturated carbocycles. The summed E-state index contributed by atoms with van der Waals surface area (Å²) in [7, 11) is 0. The highest BCUT2D eigenvalue weighted by Gasteiger charge is 2.19. The topological polar surface area (TPSA) is 32.5 Å². The van der Waals surface area contributed by atoms with Gasteiger partial charge >= 0.3 is 0 Å². The lowest BCUT2D eigenvalue weighted by atomic mass is 10.1. The average molecular weight is 279 g/mol. The molecule has 0 atom stereocenters. The molecule has 0 radical (unpaired) electrons. The van der Waals surface area contributed by atoms with E-state index in [1.807, 2.05) is 6.07 Å². The first-order valence-corrected chi connectivity index (χ1v) is 7.56. The van der Waals surface area contributed by atoms with Crippen LogP contribution in [0.5, 0.6) is 0 Å². The van der Waals surface area contributed by atoms with Crippen LogP contribution < -0.4 is 10.6 Å². The molecule has 1 aliphatic rings. The summed E-state index contributed by atoms with van der Waals surface area (Å²) in [5, 5.41) is 0. The van der Waals surface area contributed by atoms with E-state index in [0.717, 1.165) is 50.4 Å². The minimum Gasteiger partial charge on any atom is -0.369 e. The number of hydrogen-bond donors (Lipinski definition) is 1. The van der Waals surface area contributed by atoms with Crippen LogP contribution in [-0.2, 0) is 6.42 Å². The molecule has 0 aromatic heterocycles. The number of benzene rings is 1. The van der Waals surface area contributed by atoms with Gasteiger partial charge in [0.15, 0.2) is 0 Å². The number of nitrogens with zero attached hydrogens (tertiary/aromatic N) is 2. The Kier molecular flexibility index (Phi) is 5.38. The fourth-order valence-corrected chi connectivity index (χ4v) is 2.91. The quantitative estimate of drug-likeness (QED) is 0.896. The highest BCUT2D eigenvalue weighted by atomic mass is 19.1. The van der Waals surface area contributed by atoms with E-state index in [4.69, 9.17) is 5.73 Å². The molecule has 3 nitrogen and oxygen atoms in total. The molecule has 0 bridgehead atoms. The number of halogens is 1. The Labute approximate surface area is 121 Å². The Morgan fingerprint density at radius 2 is 1.90 bits per heavy atom. The Morgan fingerprint density at radius 1 is 1.20 bits per heavy atom. The second-order valence-electron chi connectivity index (χ2n) is 5.99. The van der Waals surface area contributed by atoms with Gasteiger partial charge in [0.1, 0.15) is 5.82 Å². The highest BCUT2D eigenvalue weighted by molar-refractivity contribution is 5.54. The van der Waals surface area contributed by atoms with Crippen molar-refractivity contribution in [1.82, 2.24) is 4.90 Å². The first-order chi connectivity index (χ1) is 9.60. The largest absolute Gasteiger partial charge is 0.369 e. The van der Waals surface area contributed by atoms with Crippen molar-refractivity contribution in [2.45, 2.75) is 20.3 Å². The molecule has 2 N–H and O–H groups in total. The van der Waals surface area contributed by atoms with Crippen LogP contribution in [0.15, 0.2) is 18.2 Å². The van der Waals surface area contributed by atoms with E-state index < -0.39 is 0 Å². The van der Waals surface area contributed by atoms with E-state index in [1.54, 1.807) is 12.1 Å². The molecule has 2 rings (SSSR count). The third kappa shape index (κ3) is 3.93. The van der Waals surface area contributed by atoms with Gasteiger partial charge in [0.25, 0.3) is 0 Å². The van der Waals surface area contributed by atoms with E-state index >= 15 is 0 Å². The maximum absolute atomic E-state index is 13.4. The number of hydrogen-bond acceptors (Lipinski definition) is 3. The zero-order valence-electron chi connectivity index (χ0n) is 12.6. The minimum absolute atomic E-state index is 0.171. The van der Waals surface area contributed by atoms with E-state index in [9.17, 15) is 4.39 Å². The maximum Gasteiger partial charge on any atom is 0.123 e.